The molecule has 3 heteroatoms. The molecule has 3 nitrogen and oxygen atoms in total. The van der Waals surface area contributed by atoms with E-state index in [2.05, 4.69) is 4.98 Å². The summed E-state index contributed by atoms with van der Waals surface area (Å²) in [5, 5.41) is 1.45. The lowest BCUT2D eigenvalue weighted by atomic mass is 9.92. The normalized spacial score (nSPS) is 21.2. The summed E-state index contributed by atoms with van der Waals surface area (Å²) < 4.78 is 122. The molecule has 0 spiro atoms. The van der Waals surface area contributed by atoms with Gasteiger partial charge in [0.15, 0.2) is 0 Å². The van der Waals surface area contributed by atoms with E-state index in [0.717, 1.165) is 28.2 Å². The molecule has 2 aromatic heterocycles. The van der Waals surface area contributed by atoms with Gasteiger partial charge in [-0.05, 0) is 47.2 Å². The number of nitrogens with zero attached hydrogens (tertiary/aromatic N) is 2. The fourth-order valence-electron chi connectivity index (χ4n) is 3.77. The number of hydrogen-bond acceptors (Lipinski definition) is 2. The minimum Gasteiger partial charge on any atom is -0.456 e. The third-order valence-corrected chi connectivity index (χ3v) is 5.09. The lowest BCUT2D eigenvalue weighted by Crippen LogP contribution is -2.07. The number of rotatable bonds is 4. The van der Waals surface area contributed by atoms with Gasteiger partial charge < -0.3 is 4.42 Å². The molecule has 0 amide bonds. The summed E-state index contributed by atoms with van der Waals surface area (Å²) in [5.41, 5.74) is -0.435. The zero-order valence-corrected chi connectivity index (χ0v) is 15.7. The predicted molar refractivity (Wildman–Crippen MR) is 124 cm³/mol. The van der Waals surface area contributed by atoms with E-state index in [1.807, 2.05) is 18.2 Å². The van der Waals surface area contributed by atoms with Crippen LogP contribution in [0.15, 0.2) is 77.5 Å². The van der Waals surface area contributed by atoms with Crippen LogP contribution in [0.5, 0.6) is 0 Å². The molecular weight excluding hydrogens is 368 g/mol. The van der Waals surface area contributed by atoms with E-state index in [-0.39, 0.29) is 5.82 Å². The van der Waals surface area contributed by atoms with Crippen LogP contribution in [-0.4, -0.2) is 9.55 Å². The Balaban J connectivity index is 1.92. The van der Waals surface area contributed by atoms with Gasteiger partial charge >= 0.3 is 0 Å². The van der Waals surface area contributed by atoms with Crippen LogP contribution in [0.1, 0.15) is 69.5 Å². The van der Waals surface area contributed by atoms with Crippen molar-refractivity contribution < 1.29 is 23.6 Å². The molecule has 0 saturated carbocycles. The maximum absolute atomic E-state index is 8.96. The van der Waals surface area contributed by atoms with Crippen molar-refractivity contribution in [3.8, 4) is 17.1 Å². The Morgan fingerprint density at radius 1 is 0.867 bits per heavy atom. The van der Waals surface area contributed by atoms with Crippen LogP contribution < -0.4 is 0 Å². The van der Waals surface area contributed by atoms with Gasteiger partial charge in [0.25, 0.3) is 0 Å². The average molecular weight is 409 g/mol. The van der Waals surface area contributed by atoms with E-state index in [9.17, 15) is 0 Å². The SMILES string of the molecule is [2H]C([2H])([2H])C([2H])(c1cccc(C([2H])(C([2H])([2H])[2H])C([2H])([2H])[2H])c1-n1ccnc1-c1ccc2oc3ccccc3c2c1)C([2H])([2H])[2H]. The van der Waals surface area contributed by atoms with Crippen LogP contribution in [0.2, 0.25) is 0 Å². The van der Waals surface area contributed by atoms with Crippen LogP contribution in [-0.2, 0) is 0 Å². The molecular formula is C27H26N2O. The highest BCUT2D eigenvalue weighted by atomic mass is 16.3. The summed E-state index contributed by atoms with van der Waals surface area (Å²) in [7, 11) is 0. The molecule has 0 aliphatic carbocycles. The van der Waals surface area contributed by atoms with Gasteiger partial charge in [-0.15, -0.1) is 0 Å². The second-order valence-electron chi connectivity index (χ2n) is 6.88. The summed E-state index contributed by atoms with van der Waals surface area (Å²) in [6, 6.07) is 15.4. The van der Waals surface area contributed by atoms with Crippen LogP contribution in [0.25, 0.3) is 39.0 Å². The van der Waals surface area contributed by atoms with Gasteiger partial charge in [-0.25, -0.2) is 4.98 Å². The monoisotopic (exact) mass is 408 g/mol. The van der Waals surface area contributed by atoms with Crippen molar-refractivity contribution in [2.45, 2.75) is 39.2 Å². The molecule has 0 radical (unpaired) electrons. The van der Waals surface area contributed by atoms with Gasteiger partial charge in [0, 0.05) is 47.9 Å². The van der Waals surface area contributed by atoms with Crippen molar-refractivity contribution in [1.29, 1.82) is 0 Å². The van der Waals surface area contributed by atoms with Crippen molar-refractivity contribution in [3.05, 3.63) is 84.2 Å². The van der Waals surface area contributed by atoms with Crippen LogP contribution >= 0.6 is 0 Å². The first kappa shape index (κ1) is 8.81. The van der Waals surface area contributed by atoms with Gasteiger partial charge in [-0.1, -0.05) is 63.8 Å². The second-order valence-corrected chi connectivity index (χ2v) is 6.88. The van der Waals surface area contributed by atoms with Gasteiger partial charge in [-0.2, -0.15) is 0 Å². The summed E-state index contributed by atoms with van der Waals surface area (Å²) in [6.45, 7) is -14.0. The summed E-state index contributed by atoms with van der Waals surface area (Å²) in [5.74, 6) is -6.70. The van der Waals surface area contributed by atoms with Crippen molar-refractivity contribution in [3.63, 3.8) is 0 Å². The van der Waals surface area contributed by atoms with E-state index in [0.29, 0.717) is 22.1 Å². The zero-order valence-electron chi connectivity index (χ0n) is 29.7. The predicted octanol–water partition coefficient (Wildman–Crippen LogP) is 7.69. The molecule has 0 N–H and O–H groups in total. The fraction of sp³-hybridized carbons (Fsp3) is 0.222. The quantitative estimate of drug-likeness (QED) is 0.305. The highest BCUT2D eigenvalue weighted by Crippen LogP contribution is 2.36. The number of hydrogen-bond donors (Lipinski definition) is 0. The standard InChI is InChI=1S/C27H26N2O/c1-17(2)20-9-7-10-21(18(3)4)26(20)29-15-14-28-27(29)19-12-13-25-23(16-19)22-8-5-6-11-24(22)30-25/h5-18H,1-4H3/i1D3,2D3,3D3,4D3,17D,18D. The molecule has 0 atom stereocenters. The van der Waals surface area contributed by atoms with Gasteiger partial charge in [-0.3, -0.25) is 4.57 Å². The number of imidazole rings is 1. The van der Waals surface area contributed by atoms with Crippen molar-refractivity contribution in [2.24, 2.45) is 0 Å². The van der Waals surface area contributed by atoms with Crippen molar-refractivity contribution in [2.75, 3.05) is 0 Å². The van der Waals surface area contributed by atoms with Crippen molar-refractivity contribution >= 4 is 21.9 Å². The maximum Gasteiger partial charge on any atom is 0.144 e. The summed E-state index contributed by atoms with van der Waals surface area (Å²) in [6.07, 6.45) is 2.55. The Labute approximate surface area is 196 Å². The first-order chi connectivity index (χ1) is 20.1. The Hall–Kier alpha value is -3.33. The van der Waals surface area contributed by atoms with E-state index in [1.165, 1.54) is 12.4 Å². The summed E-state index contributed by atoms with van der Waals surface area (Å²) in [4.78, 5) is 4.38. The Morgan fingerprint density at radius 2 is 1.60 bits per heavy atom. The van der Waals surface area contributed by atoms with Gasteiger partial charge in [0.1, 0.15) is 17.0 Å². The molecule has 5 rings (SSSR count). The molecule has 2 heterocycles. The molecule has 0 bridgehead atoms. The molecule has 0 aliphatic heterocycles. The van der Waals surface area contributed by atoms with Crippen LogP contribution in [0.3, 0.4) is 0 Å². The first-order valence-corrected chi connectivity index (χ1v) is 9.24. The smallest absolute Gasteiger partial charge is 0.144 e. The molecule has 0 fully saturated rings. The molecule has 30 heavy (non-hydrogen) atoms. The molecule has 3 aromatic carbocycles. The van der Waals surface area contributed by atoms with E-state index in [1.54, 1.807) is 24.3 Å². The number of furan rings is 1. The van der Waals surface area contributed by atoms with E-state index >= 15 is 0 Å². The zero-order chi connectivity index (χ0) is 32.7. The average Bonchev–Trinajstić information content (AvgIpc) is 3.53. The highest BCUT2D eigenvalue weighted by Gasteiger charge is 2.19. The van der Waals surface area contributed by atoms with Gasteiger partial charge in [0.2, 0.25) is 0 Å². The number of para-hydroxylation sites is 2. The molecule has 0 saturated heterocycles. The summed E-state index contributed by atoms with van der Waals surface area (Å²) >= 11 is 0. The fourth-order valence-corrected chi connectivity index (χ4v) is 3.77. The minimum atomic E-state index is -3.51. The van der Waals surface area contributed by atoms with E-state index in [4.69, 9.17) is 23.6 Å². The second kappa shape index (κ2) is 7.17. The lowest BCUT2D eigenvalue weighted by molar-refractivity contribution is 0.669. The minimum absolute atomic E-state index is 0.0442. The molecule has 0 aliphatic rings. The van der Waals surface area contributed by atoms with Crippen molar-refractivity contribution in [1.82, 2.24) is 9.55 Å². The Bertz CT molecular complexity index is 1770. The highest BCUT2D eigenvalue weighted by molar-refractivity contribution is 6.06. The Morgan fingerprint density at radius 3 is 2.37 bits per heavy atom. The topological polar surface area (TPSA) is 31.0 Å². The van der Waals surface area contributed by atoms with Gasteiger partial charge in [0.05, 0.1) is 5.69 Å². The maximum atomic E-state index is 8.96. The first-order valence-electron chi connectivity index (χ1n) is 16.2. The molecule has 150 valence electrons. The van der Waals surface area contributed by atoms with Crippen LogP contribution in [0, 0.1) is 0 Å². The number of aromatic nitrogens is 2. The number of benzene rings is 3. The lowest BCUT2D eigenvalue weighted by Gasteiger charge is -2.21. The largest absolute Gasteiger partial charge is 0.456 e. The molecule has 0 unspecified atom stereocenters. The third kappa shape index (κ3) is 2.93. The number of fused-ring (bicyclic) bond motifs is 3. The van der Waals surface area contributed by atoms with Crippen LogP contribution in [0.4, 0.5) is 0 Å². The Kier molecular flexibility index (Phi) is 2.11. The molecule has 5 aromatic rings. The van der Waals surface area contributed by atoms with E-state index < -0.39 is 56.0 Å². The third-order valence-electron chi connectivity index (χ3n) is 5.09.